The molecule has 6 heteroatoms. The number of hydrogen-bond acceptors (Lipinski definition) is 2. The predicted molar refractivity (Wildman–Crippen MR) is 87.4 cm³/mol. The lowest BCUT2D eigenvalue weighted by molar-refractivity contribution is -0.115. The minimum absolute atomic E-state index is 0.202. The number of amides is 1. The third-order valence-corrected chi connectivity index (χ3v) is 3.64. The van der Waals surface area contributed by atoms with Gasteiger partial charge in [0.2, 0.25) is 5.91 Å². The Bertz CT molecular complexity index is 638. The first-order valence-electron chi connectivity index (χ1n) is 5.74. The molecular formula is C14H11BrCl2N2O. The van der Waals surface area contributed by atoms with Crippen LogP contribution in [0.15, 0.2) is 40.9 Å². The van der Waals surface area contributed by atoms with E-state index in [0.29, 0.717) is 21.4 Å². The van der Waals surface area contributed by atoms with Crippen molar-refractivity contribution in [1.29, 1.82) is 0 Å². The first kappa shape index (κ1) is 15.2. The Labute approximate surface area is 135 Å². The number of nitrogens with one attached hydrogen (secondary N) is 1. The quantitative estimate of drug-likeness (QED) is 0.777. The summed E-state index contributed by atoms with van der Waals surface area (Å²) in [6.07, 6.45) is 0.202. The highest BCUT2D eigenvalue weighted by molar-refractivity contribution is 9.10. The molecule has 0 saturated heterocycles. The molecule has 3 N–H and O–H groups in total. The number of hydrogen-bond donors (Lipinski definition) is 2. The molecule has 0 fully saturated rings. The number of anilines is 2. The highest BCUT2D eigenvalue weighted by Gasteiger charge is 2.11. The lowest BCUT2D eigenvalue weighted by Crippen LogP contribution is -2.15. The van der Waals surface area contributed by atoms with Crippen molar-refractivity contribution >= 4 is 56.4 Å². The predicted octanol–water partition coefficient (Wildman–Crippen LogP) is 4.52. The Kier molecular flexibility index (Phi) is 4.91. The van der Waals surface area contributed by atoms with E-state index >= 15 is 0 Å². The van der Waals surface area contributed by atoms with Gasteiger partial charge in [-0.2, -0.15) is 0 Å². The Hall–Kier alpha value is -1.23. The Balaban J connectivity index is 2.13. The summed E-state index contributed by atoms with van der Waals surface area (Å²) < 4.78 is 0.751. The number of carbonyl (C=O) groups excluding carboxylic acids is 1. The van der Waals surface area contributed by atoms with Crippen LogP contribution in [0.25, 0.3) is 0 Å². The van der Waals surface area contributed by atoms with Crippen molar-refractivity contribution in [1.82, 2.24) is 0 Å². The minimum atomic E-state index is -0.207. The molecular weight excluding hydrogens is 363 g/mol. The van der Waals surface area contributed by atoms with Crippen molar-refractivity contribution < 1.29 is 4.79 Å². The molecule has 0 aliphatic rings. The van der Waals surface area contributed by atoms with Crippen LogP contribution in [-0.4, -0.2) is 5.91 Å². The number of benzene rings is 2. The van der Waals surface area contributed by atoms with Gasteiger partial charge in [0.15, 0.2) is 0 Å². The number of rotatable bonds is 3. The highest BCUT2D eigenvalue weighted by Crippen LogP contribution is 2.33. The molecule has 104 valence electrons. The summed E-state index contributed by atoms with van der Waals surface area (Å²) in [7, 11) is 0. The standard InChI is InChI=1S/C14H11BrCl2N2O/c15-9-6-11(16)14(12(17)7-9)19-13(20)5-8-2-1-3-10(18)4-8/h1-4,6-7H,5,18H2,(H,19,20). The van der Waals surface area contributed by atoms with E-state index in [1.54, 1.807) is 30.3 Å². The van der Waals surface area contributed by atoms with Gasteiger partial charge >= 0.3 is 0 Å². The van der Waals surface area contributed by atoms with E-state index in [-0.39, 0.29) is 12.3 Å². The van der Waals surface area contributed by atoms with Gasteiger partial charge in [0.05, 0.1) is 22.2 Å². The van der Waals surface area contributed by atoms with Crippen molar-refractivity contribution in [3.63, 3.8) is 0 Å². The lowest BCUT2D eigenvalue weighted by Gasteiger charge is -2.10. The van der Waals surface area contributed by atoms with Gasteiger partial charge < -0.3 is 11.1 Å². The SMILES string of the molecule is Nc1cccc(CC(=O)Nc2c(Cl)cc(Br)cc2Cl)c1. The largest absolute Gasteiger partial charge is 0.399 e. The van der Waals surface area contributed by atoms with Crippen LogP contribution < -0.4 is 11.1 Å². The van der Waals surface area contributed by atoms with Gasteiger partial charge in [-0.25, -0.2) is 0 Å². The molecule has 0 radical (unpaired) electrons. The van der Waals surface area contributed by atoms with E-state index in [1.165, 1.54) is 0 Å². The fraction of sp³-hybridized carbons (Fsp3) is 0.0714. The normalized spacial score (nSPS) is 10.3. The van der Waals surface area contributed by atoms with Gasteiger partial charge in [-0.05, 0) is 29.8 Å². The van der Waals surface area contributed by atoms with Gasteiger partial charge in [0.25, 0.3) is 0 Å². The molecule has 0 spiro atoms. The van der Waals surface area contributed by atoms with Crippen molar-refractivity contribution in [2.45, 2.75) is 6.42 Å². The second kappa shape index (κ2) is 6.48. The zero-order chi connectivity index (χ0) is 14.7. The maximum atomic E-state index is 12.0. The average Bonchev–Trinajstić information content (AvgIpc) is 2.33. The average molecular weight is 374 g/mol. The van der Waals surface area contributed by atoms with Crippen LogP contribution in [0.1, 0.15) is 5.56 Å². The maximum absolute atomic E-state index is 12.0. The molecule has 0 heterocycles. The summed E-state index contributed by atoms with van der Waals surface area (Å²) in [4.78, 5) is 12.0. The van der Waals surface area contributed by atoms with Crippen LogP contribution in [0.3, 0.4) is 0 Å². The molecule has 20 heavy (non-hydrogen) atoms. The van der Waals surface area contributed by atoms with Crippen LogP contribution in [0.4, 0.5) is 11.4 Å². The minimum Gasteiger partial charge on any atom is -0.399 e. The summed E-state index contributed by atoms with van der Waals surface area (Å²) >= 11 is 15.4. The fourth-order valence-corrected chi connectivity index (χ4v) is 3.04. The van der Waals surface area contributed by atoms with Crippen molar-refractivity contribution in [3.8, 4) is 0 Å². The maximum Gasteiger partial charge on any atom is 0.228 e. The molecule has 0 unspecified atom stereocenters. The van der Waals surface area contributed by atoms with Gasteiger partial charge in [-0.15, -0.1) is 0 Å². The third-order valence-electron chi connectivity index (χ3n) is 2.59. The van der Waals surface area contributed by atoms with E-state index < -0.39 is 0 Å². The Morgan fingerprint density at radius 3 is 2.45 bits per heavy atom. The summed E-state index contributed by atoms with van der Waals surface area (Å²) in [5.74, 6) is -0.207. The monoisotopic (exact) mass is 372 g/mol. The number of carbonyl (C=O) groups is 1. The molecule has 0 bridgehead atoms. The van der Waals surface area contributed by atoms with Crippen LogP contribution in [0, 0.1) is 0 Å². The van der Waals surface area contributed by atoms with Crippen molar-refractivity contribution in [3.05, 3.63) is 56.5 Å². The van der Waals surface area contributed by atoms with Crippen molar-refractivity contribution in [2.75, 3.05) is 11.1 Å². The van der Waals surface area contributed by atoms with E-state index in [2.05, 4.69) is 21.2 Å². The van der Waals surface area contributed by atoms with Crippen LogP contribution in [0.2, 0.25) is 10.0 Å². The summed E-state index contributed by atoms with van der Waals surface area (Å²) in [5.41, 5.74) is 7.53. The lowest BCUT2D eigenvalue weighted by atomic mass is 10.1. The van der Waals surface area contributed by atoms with Gasteiger partial charge in [-0.3, -0.25) is 4.79 Å². The van der Waals surface area contributed by atoms with Gasteiger partial charge in [-0.1, -0.05) is 51.3 Å². The van der Waals surface area contributed by atoms with Crippen molar-refractivity contribution in [2.24, 2.45) is 0 Å². The fourth-order valence-electron chi connectivity index (χ4n) is 1.73. The van der Waals surface area contributed by atoms with E-state index in [4.69, 9.17) is 28.9 Å². The zero-order valence-corrected chi connectivity index (χ0v) is 13.4. The topological polar surface area (TPSA) is 55.1 Å². The second-order valence-electron chi connectivity index (χ2n) is 4.21. The molecule has 2 aromatic rings. The van der Waals surface area contributed by atoms with Crippen LogP contribution >= 0.6 is 39.1 Å². The molecule has 0 aliphatic heterocycles. The number of halogens is 3. The molecule has 0 aromatic heterocycles. The molecule has 2 rings (SSSR count). The van der Waals surface area contributed by atoms with E-state index in [9.17, 15) is 4.79 Å². The second-order valence-corrected chi connectivity index (χ2v) is 5.94. The molecule has 0 saturated carbocycles. The zero-order valence-electron chi connectivity index (χ0n) is 10.3. The van der Waals surface area contributed by atoms with E-state index in [0.717, 1.165) is 10.0 Å². The first-order chi connectivity index (χ1) is 9.45. The smallest absolute Gasteiger partial charge is 0.228 e. The van der Waals surface area contributed by atoms with Gasteiger partial charge in [0, 0.05) is 10.2 Å². The van der Waals surface area contributed by atoms with Crippen LogP contribution in [0.5, 0.6) is 0 Å². The molecule has 0 aliphatic carbocycles. The third kappa shape index (κ3) is 3.88. The number of nitrogens with two attached hydrogens (primary N) is 1. The Morgan fingerprint density at radius 2 is 1.85 bits per heavy atom. The summed E-state index contributed by atoms with van der Waals surface area (Å²) in [5, 5.41) is 3.47. The molecule has 1 amide bonds. The number of nitrogen functional groups attached to an aromatic ring is 1. The molecule has 0 atom stereocenters. The molecule has 3 nitrogen and oxygen atoms in total. The highest BCUT2D eigenvalue weighted by atomic mass is 79.9. The van der Waals surface area contributed by atoms with Gasteiger partial charge in [0.1, 0.15) is 0 Å². The first-order valence-corrected chi connectivity index (χ1v) is 7.29. The van der Waals surface area contributed by atoms with E-state index in [1.807, 2.05) is 6.07 Å². The van der Waals surface area contributed by atoms with Crippen LogP contribution in [-0.2, 0) is 11.2 Å². The molecule has 2 aromatic carbocycles. The summed E-state index contributed by atoms with van der Waals surface area (Å²) in [6.45, 7) is 0. The summed E-state index contributed by atoms with van der Waals surface area (Å²) in [6, 6.07) is 10.5. The Morgan fingerprint density at radius 1 is 1.20 bits per heavy atom.